The van der Waals surface area contributed by atoms with Crippen molar-refractivity contribution >= 4 is 0 Å². The fourth-order valence-corrected chi connectivity index (χ4v) is 0. The minimum absolute atomic E-state index is 0. The fraction of sp³-hybridized carbons (Fsp3) is 1.00. The molecule has 5 heavy (non-hydrogen) atoms. The summed E-state index contributed by atoms with van der Waals surface area (Å²) in [5.41, 5.74) is 0. The van der Waals surface area contributed by atoms with Crippen molar-refractivity contribution in [1.29, 1.82) is 0 Å². The standard InChI is InChI=1S/C2H6N2.CH4/c1-3-4-2;/h1-2H3;1H4. The number of rotatable bonds is 0. The lowest BCUT2D eigenvalue weighted by Gasteiger charge is -1.54. The highest BCUT2D eigenvalue weighted by atomic mass is 15.0. The number of hydrogen-bond acceptors (Lipinski definition) is 2. The molecule has 0 bridgehead atoms. The second kappa shape index (κ2) is 9.51. The van der Waals surface area contributed by atoms with Gasteiger partial charge in [-0.05, 0) is 0 Å². The lowest BCUT2D eigenvalue weighted by Crippen LogP contribution is -1.38. The van der Waals surface area contributed by atoms with Gasteiger partial charge in [-0.25, -0.2) is 0 Å². The maximum Gasteiger partial charge on any atom is 0.0487 e. The number of hydrogen-bond donors (Lipinski definition) is 0. The molecule has 0 fully saturated rings. The lowest BCUT2D eigenvalue weighted by molar-refractivity contribution is 1.11. The molecular formula is C3H10N2. The molecule has 0 N–H and O–H groups in total. The van der Waals surface area contributed by atoms with Crippen molar-refractivity contribution in [2.75, 3.05) is 14.1 Å². The summed E-state index contributed by atoms with van der Waals surface area (Å²) >= 11 is 0. The minimum Gasteiger partial charge on any atom is -0.198 e. The molecule has 0 saturated heterocycles. The summed E-state index contributed by atoms with van der Waals surface area (Å²) in [6, 6.07) is 0. The molecule has 2 nitrogen and oxygen atoms in total. The Morgan fingerprint density at radius 2 is 1.20 bits per heavy atom. The van der Waals surface area contributed by atoms with Crippen molar-refractivity contribution in [2.24, 2.45) is 10.2 Å². The highest BCUT2D eigenvalue weighted by Crippen LogP contribution is 1.48. The SMILES string of the molecule is C.CN=NC. The highest BCUT2D eigenvalue weighted by Gasteiger charge is 1.31. The average molecular weight is 74.1 g/mol. The van der Waals surface area contributed by atoms with Crippen LogP contribution in [0.25, 0.3) is 0 Å². The van der Waals surface area contributed by atoms with Gasteiger partial charge in [-0.2, -0.15) is 10.2 Å². The van der Waals surface area contributed by atoms with Crippen LogP contribution in [-0.4, -0.2) is 14.1 Å². The molecule has 0 saturated carbocycles. The first-order valence-electron chi connectivity index (χ1n) is 1.09. The molecule has 0 spiro atoms. The van der Waals surface area contributed by atoms with E-state index in [1.165, 1.54) is 0 Å². The summed E-state index contributed by atoms with van der Waals surface area (Å²) in [5.74, 6) is 0. The topological polar surface area (TPSA) is 24.7 Å². The van der Waals surface area contributed by atoms with Crippen LogP contribution in [0.4, 0.5) is 0 Å². The molecule has 0 rings (SSSR count). The van der Waals surface area contributed by atoms with E-state index in [9.17, 15) is 0 Å². The third-order valence-electron chi connectivity index (χ3n) is 0.200. The van der Waals surface area contributed by atoms with Gasteiger partial charge in [0.15, 0.2) is 0 Å². The van der Waals surface area contributed by atoms with Crippen LogP contribution in [0, 0.1) is 0 Å². The Bertz CT molecular complexity index is 20.1. The van der Waals surface area contributed by atoms with Gasteiger partial charge in [0.25, 0.3) is 0 Å². The fourth-order valence-electron chi connectivity index (χ4n) is 0. The molecule has 32 valence electrons. The average Bonchev–Trinajstić information content (AvgIpc) is 1.37. The van der Waals surface area contributed by atoms with Gasteiger partial charge >= 0.3 is 0 Å². The van der Waals surface area contributed by atoms with Crippen LogP contribution in [0.2, 0.25) is 0 Å². The third-order valence-corrected chi connectivity index (χ3v) is 0.200. The molecule has 0 radical (unpaired) electrons. The lowest BCUT2D eigenvalue weighted by atomic mass is 11.5. The van der Waals surface area contributed by atoms with Crippen LogP contribution in [0.1, 0.15) is 7.43 Å². The van der Waals surface area contributed by atoms with E-state index >= 15 is 0 Å². The van der Waals surface area contributed by atoms with Gasteiger partial charge in [0.05, 0.1) is 0 Å². The predicted octanol–water partition coefficient (Wildman–Crippen LogP) is 1.33. The van der Waals surface area contributed by atoms with E-state index in [-0.39, 0.29) is 7.43 Å². The first-order chi connectivity index (χ1) is 1.91. The zero-order valence-corrected chi connectivity index (χ0v) is 2.89. The molecule has 0 amide bonds. The monoisotopic (exact) mass is 74.1 g/mol. The van der Waals surface area contributed by atoms with Crippen LogP contribution in [-0.2, 0) is 0 Å². The molecule has 0 aromatic carbocycles. The van der Waals surface area contributed by atoms with E-state index in [4.69, 9.17) is 0 Å². The maximum absolute atomic E-state index is 3.36. The van der Waals surface area contributed by atoms with Crippen LogP contribution in [0.5, 0.6) is 0 Å². The Hall–Kier alpha value is -0.400. The van der Waals surface area contributed by atoms with Crippen LogP contribution in [0.15, 0.2) is 10.2 Å². The molecule has 0 unspecified atom stereocenters. The first-order valence-corrected chi connectivity index (χ1v) is 1.09. The molecule has 0 atom stereocenters. The zero-order valence-electron chi connectivity index (χ0n) is 2.89. The van der Waals surface area contributed by atoms with Gasteiger partial charge in [-0.15, -0.1) is 0 Å². The molecule has 0 aromatic rings. The molecule has 0 aliphatic rings. The summed E-state index contributed by atoms with van der Waals surface area (Å²) in [5, 5.41) is 6.72. The summed E-state index contributed by atoms with van der Waals surface area (Å²) in [7, 11) is 3.28. The molecular weight excluding hydrogens is 64.0 g/mol. The summed E-state index contributed by atoms with van der Waals surface area (Å²) < 4.78 is 0. The first kappa shape index (κ1) is 8.82. The van der Waals surface area contributed by atoms with Gasteiger partial charge in [0, 0.05) is 14.1 Å². The summed E-state index contributed by atoms with van der Waals surface area (Å²) in [6.07, 6.45) is 0. The normalized spacial score (nSPS) is 7.60. The van der Waals surface area contributed by atoms with Crippen LogP contribution < -0.4 is 0 Å². The molecule has 2 heteroatoms. The molecule has 0 aromatic heterocycles. The number of azo groups is 1. The van der Waals surface area contributed by atoms with Crippen molar-refractivity contribution in [3.8, 4) is 0 Å². The number of nitrogens with zero attached hydrogens (tertiary/aromatic N) is 2. The Morgan fingerprint density at radius 3 is 1.20 bits per heavy atom. The van der Waals surface area contributed by atoms with E-state index in [0.717, 1.165) is 0 Å². The Kier molecular flexibility index (Phi) is 16.8. The minimum atomic E-state index is 0. The van der Waals surface area contributed by atoms with E-state index < -0.39 is 0 Å². The Labute approximate surface area is 32.9 Å². The van der Waals surface area contributed by atoms with Crippen LogP contribution in [0.3, 0.4) is 0 Å². The van der Waals surface area contributed by atoms with Gasteiger partial charge in [0.1, 0.15) is 0 Å². The highest BCUT2D eigenvalue weighted by molar-refractivity contribution is 3.96. The maximum atomic E-state index is 3.36. The van der Waals surface area contributed by atoms with Gasteiger partial charge in [-0.1, -0.05) is 7.43 Å². The quantitative estimate of drug-likeness (QED) is 0.387. The molecule has 0 heterocycles. The zero-order chi connectivity index (χ0) is 3.41. The van der Waals surface area contributed by atoms with Crippen molar-refractivity contribution in [3.63, 3.8) is 0 Å². The smallest absolute Gasteiger partial charge is 0.0487 e. The van der Waals surface area contributed by atoms with E-state index in [1.807, 2.05) is 0 Å². The van der Waals surface area contributed by atoms with Gasteiger partial charge < -0.3 is 0 Å². The Balaban J connectivity index is 0. The summed E-state index contributed by atoms with van der Waals surface area (Å²) in [6.45, 7) is 0. The second-order valence-corrected chi connectivity index (χ2v) is 0.400. The van der Waals surface area contributed by atoms with Crippen molar-refractivity contribution in [3.05, 3.63) is 0 Å². The third kappa shape index (κ3) is 25.6. The van der Waals surface area contributed by atoms with Gasteiger partial charge in [0.2, 0.25) is 0 Å². The van der Waals surface area contributed by atoms with Crippen molar-refractivity contribution in [1.82, 2.24) is 0 Å². The van der Waals surface area contributed by atoms with E-state index in [1.54, 1.807) is 14.1 Å². The van der Waals surface area contributed by atoms with Crippen molar-refractivity contribution in [2.45, 2.75) is 7.43 Å². The van der Waals surface area contributed by atoms with Crippen molar-refractivity contribution < 1.29 is 0 Å². The van der Waals surface area contributed by atoms with E-state index in [0.29, 0.717) is 0 Å². The van der Waals surface area contributed by atoms with Gasteiger partial charge in [-0.3, -0.25) is 0 Å². The summed E-state index contributed by atoms with van der Waals surface area (Å²) in [4.78, 5) is 0. The largest absolute Gasteiger partial charge is 0.198 e. The Morgan fingerprint density at radius 1 is 1.00 bits per heavy atom. The molecule has 0 aliphatic carbocycles. The molecule has 0 aliphatic heterocycles. The predicted molar refractivity (Wildman–Crippen MR) is 23.4 cm³/mol. The van der Waals surface area contributed by atoms with E-state index in [2.05, 4.69) is 10.2 Å². The second-order valence-electron chi connectivity index (χ2n) is 0.400. The van der Waals surface area contributed by atoms with Crippen LogP contribution >= 0.6 is 0 Å².